The summed E-state index contributed by atoms with van der Waals surface area (Å²) in [6, 6.07) is 6.45. The zero-order valence-corrected chi connectivity index (χ0v) is 10.3. The molecule has 1 aromatic rings. The number of piperidine rings is 1. The minimum atomic E-state index is -0.379. The summed E-state index contributed by atoms with van der Waals surface area (Å²) in [7, 11) is 4.04. The van der Waals surface area contributed by atoms with Gasteiger partial charge in [0.15, 0.2) is 0 Å². The third-order valence-electron chi connectivity index (χ3n) is 4.00. The Morgan fingerprint density at radius 3 is 2.59 bits per heavy atom. The molecule has 1 aromatic carbocycles. The van der Waals surface area contributed by atoms with Crippen molar-refractivity contribution < 1.29 is 9.18 Å². The third-order valence-corrected chi connectivity index (χ3v) is 4.00. The van der Waals surface area contributed by atoms with Gasteiger partial charge >= 0.3 is 0 Å². The van der Waals surface area contributed by atoms with Crippen LogP contribution in [0.15, 0.2) is 24.3 Å². The normalized spacial score (nSPS) is 26.3. The van der Waals surface area contributed by atoms with Gasteiger partial charge in [0.2, 0.25) is 5.91 Å². The molecule has 0 aromatic heterocycles. The highest BCUT2D eigenvalue weighted by Crippen LogP contribution is 2.43. The lowest BCUT2D eigenvalue weighted by Gasteiger charge is -2.38. The van der Waals surface area contributed by atoms with Crippen molar-refractivity contribution in [2.24, 2.45) is 0 Å². The predicted molar refractivity (Wildman–Crippen MR) is 71.2 cm³/mol. The third kappa shape index (κ3) is 2.24. The van der Waals surface area contributed by atoms with Gasteiger partial charge in [-0.2, -0.15) is 0 Å². The Balaban J connectivity index is 2.26. The smallest absolute Gasteiger partial charge is 0.217 e. The summed E-state index contributed by atoms with van der Waals surface area (Å²) in [4.78, 5) is 12.0. The van der Waals surface area contributed by atoms with Crippen molar-refractivity contribution in [3.8, 4) is 0 Å². The van der Waals surface area contributed by atoms with Crippen molar-refractivity contribution in [2.75, 3.05) is 6.54 Å². The fourth-order valence-corrected chi connectivity index (χ4v) is 2.51. The average Bonchev–Trinajstić information content (AvgIpc) is 2.33. The van der Waals surface area contributed by atoms with Gasteiger partial charge in [-0.1, -0.05) is 17.7 Å². The van der Waals surface area contributed by atoms with E-state index in [9.17, 15) is 9.18 Å². The fourth-order valence-electron chi connectivity index (χ4n) is 2.51. The van der Waals surface area contributed by atoms with Gasteiger partial charge in [0, 0.05) is 11.9 Å². The summed E-state index contributed by atoms with van der Waals surface area (Å²) >= 11 is 0. The molecule has 1 amide bonds. The first kappa shape index (κ1) is 12.2. The SMILES string of the molecule is BC(c1ccc(F)cc1)C1(B)CCCNC1=O. The van der Waals surface area contributed by atoms with Crippen LogP contribution in [0.3, 0.4) is 0 Å². The van der Waals surface area contributed by atoms with Gasteiger partial charge in [0.25, 0.3) is 0 Å². The number of benzene rings is 1. The Morgan fingerprint density at radius 1 is 1.35 bits per heavy atom. The summed E-state index contributed by atoms with van der Waals surface area (Å²) in [5.41, 5.74) is 1.02. The van der Waals surface area contributed by atoms with Crippen LogP contribution < -0.4 is 5.32 Å². The maximum absolute atomic E-state index is 12.9. The summed E-state index contributed by atoms with van der Waals surface area (Å²) in [5.74, 6) is -0.0248. The van der Waals surface area contributed by atoms with Crippen LogP contribution >= 0.6 is 0 Å². The maximum atomic E-state index is 12.9. The van der Waals surface area contributed by atoms with Gasteiger partial charge in [0.05, 0.1) is 0 Å². The van der Waals surface area contributed by atoms with E-state index >= 15 is 0 Å². The molecule has 1 aliphatic heterocycles. The van der Waals surface area contributed by atoms with Gasteiger partial charge in [0.1, 0.15) is 21.5 Å². The summed E-state index contributed by atoms with van der Waals surface area (Å²) in [6.07, 6.45) is 1.89. The second-order valence-electron chi connectivity index (χ2n) is 5.05. The van der Waals surface area contributed by atoms with Crippen LogP contribution in [0, 0.1) is 5.82 Å². The highest BCUT2D eigenvalue weighted by atomic mass is 19.1. The van der Waals surface area contributed by atoms with E-state index in [1.165, 1.54) is 12.1 Å². The molecule has 5 heteroatoms. The largest absolute Gasteiger partial charge is 0.356 e. The lowest BCUT2D eigenvalue weighted by molar-refractivity contribution is -0.125. The zero-order chi connectivity index (χ0) is 12.5. The maximum Gasteiger partial charge on any atom is 0.217 e. The summed E-state index contributed by atoms with van der Waals surface area (Å²) in [6.45, 7) is 0.768. The van der Waals surface area contributed by atoms with E-state index in [1.807, 2.05) is 15.7 Å². The first-order valence-electron chi connectivity index (χ1n) is 6.08. The second-order valence-corrected chi connectivity index (χ2v) is 5.05. The van der Waals surface area contributed by atoms with Crippen LogP contribution in [0.25, 0.3) is 0 Å². The van der Waals surface area contributed by atoms with E-state index in [-0.39, 0.29) is 22.9 Å². The molecule has 17 heavy (non-hydrogen) atoms. The Bertz CT molecular complexity index is 423. The van der Waals surface area contributed by atoms with Gasteiger partial charge in [-0.05, 0) is 30.8 Å². The minimum absolute atomic E-state index is 0.100. The molecule has 1 aliphatic rings. The first-order chi connectivity index (χ1) is 8.04. The van der Waals surface area contributed by atoms with Crippen LogP contribution in [0.5, 0.6) is 0 Å². The lowest BCUT2D eigenvalue weighted by atomic mass is 9.49. The molecule has 0 radical (unpaired) electrons. The Kier molecular flexibility index (Phi) is 3.27. The molecular weight excluding hydrogens is 215 g/mol. The highest BCUT2D eigenvalue weighted by Gasteiger charge is 2.40. The molecule has 2 rings (SSSR count). The molecular formula is C12H16B2FNO. The summed E-state index contributed by atoms with van der Waals surface area (Å²) in [5, 5.41) is 2.54. The molecule has 0 aliphatic carbocycles. The van der Waals surface area contributed by atoms with E-state index in [0.29, 0.717) is 0 Å². The predicted octanol–water partition coefficient (Wildman–Crippen LogP) is 0.202. The first-order valence-corrected chi connectivity index (χ1v) is 6.08. The van der Waals surface area contributed by atoms with Crippen LogP contribution in [0.1, 0.15) is 24.2 Å². The number of carbonyl (C=O) groups excluding carboxylic acids is 1. The van der Waals surface area contributed by atoms with Crippen molar-refractivity contribution in [3.05, 3.63) is 35.6 Å². The number of hydrogen-bond donors (Lipinski definition) is 1. The molecule has 88 valence electrons. The number of amides is 1. The van der Waals surface area contributed by atoms with Crippen molar-refractivity contribution in [3.63, 3.8) is 0 Å². The topological polar surface area (TPSA) is 29.1 Å². The average molecular weight is 231 g/mol. The number of rotatable bonds is 2. The standard InChI is InChI=1S/C12H16B2FNO/c13-10(8-2-4-9(15)5-3-8)12(14)6-1-7-16-11(12)17/h2-5,10H,1,6-7,13-14H2,(H,16,17). The van der Waals surface area contributed by atoms with Gasteiger partial charge in [-0.15, -0.1) is 0 Å². The van der Waals surface area contributed by atoms with E-state index in [2.05, 4.69) is 5.32 Å². The number of nitrogens with one attached hydrogen (secondary N) is 1. The number of carbonyl (C=O) groups is 1. The molecule has 2 nitrogen and oxygen atoms in total. The summed E-state index contributed by atoms with van der Waals surface area (Å²) < 4.78 is 12.9. The molecule has 2 unspecified atom stereocenters. The number of hydrogen-bond acceptors (Lipinski definition) is 1. The van der Waals surface area contributed by atoms with E-state index in [4.69, 9.17) is 0 Å². The zero-order valence-electron chi connectivity index (χ0n) is 10.3. The molecule has 0 bridgehead atoms. The van der Waals surface area contributed by atoms with Gasteiger partial charge < -0.3 is 5.32 Å². The molecule has 1 N–H and O–H groups in total. The van der Waals surface area contributed by atoms with E-state index in [0.717, 1.165) is 24.9 Å². The van der Waals surface area contributed by atoms with Crippen molar-refractivity contribution in [1.82, 2.24) is 5.32 Å². The second kappa shape index (κ2) is 4.55. The fraction of sp³-hybridized carbons (Fsp3) is 0.417. The van der Waals surface area contributed by atoms with Crippen molar-refractivity contribution in [2.45, 2.75) is 24.0 Å². The van der Waals surface area contributed by atoms with Crippen LogP contribution in [0.2, 0.25) is 5.31 Å². The van der Waals surface area contributed by atoms with Crippen LogP contribution in [-0.2, 0) is 4.79 Å². The van der Waals surface area contributed by atoms with Gasteiger partial charge in [-0.25, -0.2) is 4.39 Å². The van der Waals surface area contributed by atoms with E-state index < -0.39 is 0 Å². The Morgan fingerprint density at radius 2 is 2.00 bits per heavy atom. The number of halogens is 1. The molecule has 1 saturated heterocycles. The molecule has 0 spiro atoms. The Hall–Kier alpha value is -1.25. The van der Waals surface area contributed by atoms with Crippen LogP contribution in [-0.4, -0.2) is 28.1 Å². The monoisotopic (exact) mass is 231 g/mol. The molecule has 2 atom stereocenters. The molecule has 0 saturated carbocycles. The quantitative estimate of drug-likeness (QED) is 0.723. The van der Waals surface area contributed by atoms with E-state index in [1.54, 1.807) is 12.1 Å². The van der Waals surface area contributed by atoms with Gasteiger partial charge in [-0.3, -0.25) is 4.79 Å². The van der Waals surface area contributed by atoms with Crippen LogP contribution in [0.4, 0.5) is 4.39 Å². The molecule has 1 heterocycles. The minimum Gasteiger partial charge on any atom is -0.356 e. The van der Waals surface area contributed by atoms with Crippen molar-refractivity contribution in [1.29, 1.82) is 0 Å². The highest BCUT2D eigenvalue weighted by molar-refractivity contribution is 6.34. The lowest BCUT2D eigenvalue weighted by Crippen LogP contribution is -2.45. The van der Waals surface area contributed by atoms with Crippen molar-refractivity contribution >= 4 is 21.6 Å². The Labute approximate surface area is 103 Å². The molecule has 1 fully saturated rings.